The van der Waals surface area contributed by atoms with Crippen molar-refractivity contribution in [3.05, 3.63) is 52.7 Å². The SMILES string of the molecule is O=C(COC(=O)COc1ccccc1)NCCSCc1cccs1. The van der Waals surface area contributed by atoms with E-state index in [4.69, 9.17) is 9.47 Å². The van der Waals surface area contributed by atoms with Gasteiger partial charge in [0.2, 0.25) is 0 Å². The number of rotatable bonds is 10. The normalized spacial score (nSPS) is 10.2. The zero-order chi connectivity index (χ0) is 17.0. The van der Waals surface area contributed by atoms with Crippen molar-refractivity contribution in [2.45, 2.75) is 5.75 Å². The quantitative estimate of drug-likeness (QED) is 0.518. The number of carbonyl (C=O) groups is 2. The fourth-order valence-electron chi connectivity index (χ4n) is 1.73. The first-order valence-electron chi connectivity index (χ1n) is 7.44. The van der Waals surface area contributed by atoms with Crippen LogP contribution in [0.5, 0.6) is 5.75 Å². The van der Waals surface area contributed by atoms with Gasteiger partial charge < -0.3 is 14.8 Å². The minimum atomic E-state index is -0.568. The maximum Gasteiger partial charge on any atom is 0.344 e. The van der Waals surface area contributed by atoms with E-state index in [0.717, 1.165) is 11.5 Å². The van der Waals surface area contributed by atoms with Gasteiger partial charge in [-0.05, 0) is 23.6 Å². The summed E-state index contributed by atoms with van der Waals surface area (Å²) in [5, 5.41) is 4.77. The first-order chi connectivity index (χ1) is 11.7. The molecular weight excluding hydrogens is 346 g/mol. The standard InChI is InChI=1S/C17H19NO4S2/c19-16(18-8-10-23-13-15-7-4-9-24-15)11-22-17(20)12-21-14-5-2-1-3-6-14/h1-7,9H,8,10-13H2,(H,18,19). The van der Waals surface area contributed by atoms with Gasteiger partial charge in [0.1, 0.15) is 5.75 Å². The van der Waals surface area contributed by atoms with E-state index in [-0.39, 0.29) is 19.1 Å². The summed E-state index contributed by atoms with van der Waals surface area (Å²) in [5.41, 5.74) is 0. The maximum atomic E-state index is 11.6. The van der Waals surface area contributed by atoms with Gasteiger partial charge in [-0.25, -0.2) is 4.79 Å². The average molecular weight is 365 g/mol. The van der Waals surface area contributed by atoms with Gasteiger partial charge in [-0.15, -0.1) is 11.3 Å². The predicted octanol–water partition coefficient (Wildman–Crippen LogP) is 2.72. The van der Waals surface area contributed by atoms with Crippen molar-refractivity contribution >= 4 is 35.0 Å². The summed E-state index contributed by atoms with van der Waals surface area (Å²) in [6, 6.07) is 13.1. The molecule has 1 heterocycles. The molecule has 0 aliphatic heterocycles. The van der Waals surface area contributed by atoms with Gasteiger partial charge in [-0.3, -0.25) is 4.79 Å². The van der Waals surface area contributed by atoms with Crippen LogP contribution in [0.3, 0.4) is 0 Å². The lowest BCUT2D eigenvalue weighted by atomic mass is 10.3. The van der Waals surface area contributed by atoms with Crippen LogP contribution in [0.2, 0.25) is 0 Å². The molecule has 0 bridgehead atoms. The number of esters is 1. The number of amides is 1. The Morgan fingerprint density at radius 3 is 2.67 bits per heavy atom. The second-order valence-corrected chi connectivity index (χ2v) is 6.88. The van der Waals surface area contributed by atoms with Gasteiger partial charge in [0.15, 0.2) is 13.2 Å². The number of thioether (sulfide) groups is 1. The van der Waals surface area contributed by atoms with Gasteiger partial charge >= 0.3 is 5.97 Å². The van der Waals surface area contributed by atoms with Crippen LogP contribution in [-0.4, -0.2) is 37.4 Å². The number of hydrogen-bond acceptors (Lipinski definition) is 6. The summed E-state index contributed by atoms with van der Waals surface area (Å²) in [5.74, 6) is 1.47. The third kappa shape index (κ3) is 7.52. The topological polar surface area (TPSA) is 64.6 Å². The van der Waals surface area contributed by atoms with Crippen LogP contribution in [0.1, 0.15) is 4.88 Å². The molecule has 0 saturated heterocycles. The molecule has 1 aromatic heterocycles. The van der Waals surface area contributed by atoms with Gasteiger partial charge in [0, 0.05) is 22.9 Å². The second-order valence-electron chi connectivity index (χ2n) is 4.74. The molecule has 1 amide bonds. The smallest absolute Gasteiger partial charge is 0.344 e. The molecule has 0 aliphatic carbocycles. The van der Waals surface area contributed by atoms with Crippen LogP contribution in [0.4, 0.5) is 0 Å². The number of benzene rings is 1. The highest BCUT2D eigenvalue weighted by Crippen LogP contribution is 2.16. The summed E-state index contributed by atoms with van der Waals surface area (Å²) >= 11 is 3.48. The molecule has 5 nitrogen and oxygen atoms in total. The molecule has 0 atom stereocenters. The Hall–Kier alpha value is -1.99. The molecule has 7 heteroatoms. The molecule has 0 unspecified atom stereocenters. The summed E-state index contributed by atoms with van der Waals surface area (Å²) in [6.45, 7) is 0.0491. The minimum Gasteiger partial charge on any atom is -0.482 e. The summed E-state index contributed by atoms with van der Waals surface area (Å²) in [6.07, 6.45) is 0. The van der Waals surface area contributed by atoms with E-state index in [1.165, 1.54) is 4.88 Å². The van der Waals surface area contributed by atoms with Crippen LogP contribution < -0.4 is 10.1 Å². The molecule has 0 aliphatic rings. The zero-order valence-corrected chi connectivity index (χ0v) is 14.7. The van der Waals surface area contributed by atoms with Crippen molar-refractivity contribution in [3.63, 3.8) is 0 Å². The highest BCUT2D eigenvalue weighted by atomic mass is 32.2. The molecular formula is C17H19NO4S2. The molecule has 1 N–H and O–H groups in total. The van der Waals surface area contributed by atoms with Crippen molar-refractivity contribution in [3.8, 4) is 5.75 Å². The second kappa shape index (κ2) is 10.7. The van der Waals surface area contributed by atoms with E-state index in [9.17, 15) is 9.59 Å². The Balaban J connectivity index is 1.48. The van der Waals surface area contributed by atoms with Crippen molar-refractivity contribution in [2.24, 2.45) is 0 Å². The lowest BCUT2D eigenvalue weighted by Gasteiger charge is -2.07. The van der Waals surface area contributed by atoms with E-state index in [0.29, 0.717) is 12.3 Å². The third-order valence-electron chi connectivity index (χ3n) is 2.86. The summed E-state index contributed by atoms with van der Waals surface area (Å²) < 4.78 is 10.1. The Labute approximate surface area is 149 Å². The monoisotopic (exact) mass is 365 g/mol. The Morgan fingerprint density at radius 2 is 1.92 bits per heavy atom. The van der Waals surface area contributed by atoms with Gasteiger partial charge in [0.05, 0.1) is 0 Å². The molecule has 2 rings (SSSR count). The lowest BCUT2D eigenvalue weighted by Crippen LogP contribution is -2.31. The maximum absolute atomic E-state index is 11.6. The molecule has 2 aromatic rings. The van der Waals surface area contributed by atoms with E-state index < -0.39 is 5.97 Å². The summed E-state index contributed by atoms with van der Waals surface area (Å²) in [7, 11) is 0. The molecule has 0 fully saturated rings. The fourth-order valence-corrected chi connectivity index (χ4v) is 3.43. The fraction of sp³-hybridized carbons (Fsp3) is 0.294. The predicted molar refractivity (Wildman–Crippen MR) is 96.4 cm³/mol. The lowest BCUT2D eigenvalue weighted by molar-refractivity contribution is -0.150. The first-order valence-corrected chi connectivity index (χ1v) is 9.48. The van der Waals surface area contributed by atoms with E-state index in [1.54, 1.807) is 35.2 Å². The number of nitrogens with one attached hydrogen (secondary N) is 1. The minimum absolute atomic E-state index is 0.214. The Morgan fingerprint density at radius 1 is 1.08 bits per heavy atom. The van der Waals surface area contributed by atoms with Gasteiger partial charge in [0.25, 0.3) is 5.91 Å². The highest BCUT2D eigenvalue weighted by Gasteiger charge is 2.08. The molecule has 0 radical (unpaired) electrons. The zero-order valence-electron chi connectivity index (χ0n) is 13.1. The van der Waals surface area contributed by atoms with Crippen molar-refractivity contribution in [1.82, 2.24) is 5.32 Å². The molecule has 1 aromatic carbocycles. The van der Waals surface area contributed by atoms with E-state index in [2.05, 4.69) is 11.4 Å². The Bertz CT molecular complexity index is 617. The van der Waals surface area contributed by atoms with Crippen molar-refractivity contribution < 1.29 is 19.1 Å². The number of ether oxygens (including phenoxy) is 2. The molecule has 128 valence electrons. The van der Waals surface area contributed by atoms with E-state index >= 15 is 0 Å². The van der Waals surface area contributed by atoms with E-state index in [1.807, 2.05) is 29.6 Å². The summed E-state index contributed by atoms with van der Waals surface area (Å²) in [4.78, 5) is 24.4. The number of thiophene rings is 1. The van der Waals surface area contributed by atoms with Crippen molar-refractivity contribution in [1.29, 1.82) is 0 Å². The molecule has 0 spiro atoms. The highest BCUT2D eigenvalue weighted by molar-refractivity contribution is 7.98. The van der Waals surface area contributed by atoms with Crippen LogP contribution in [0, 0.1) is 0 Å². The average Bonchev–Trinajstić information content (AvgIpc) is 3.12. The Kier molecular flexibility index (Phi) is 8.20. The van der Waals surface area contributed by atoms with Gasteiger partial charge in [-0.1, -0.05) is 24.3 Å². The number of para-hydroxylation sites is 1. The van der Waals surface area contributed by atoms with Crippen molar-refractivity contribution in [2.75, 3.05) is 25.5 Å². The third-order valence-corrected chi connectivity index (χ3v) is 4.92. The van der Waals surface area contributed by atoms with Gasteiger partial charge in [-0.2, -0.15) is 11.8 Å². The number of hydrogen-bond donors (Lipinski definition) is 1. The van der Waals surface area contributed by atoms with Crippen LogP contribution in [-0.2, 0) is 20.1 Å². The van der Waals surface area contributed by atoms with Crippen LogP contribution in [0.25, 0.3) is 0 Å². The van der Waals surface area contributed by atoms with Crippen LogP contribution >= 0.6 is 23.1 Å². The number of carbonyl (C=O) groups excluding carboxylic acids is 2. The largest absolute Gasteiger partial charge is 0.482 e. The van der Waals surface area contributed by atoms with Crippen LogP contribution in [0.15, 0.2) is 47.8 Å². The molecule has 0 saturated carbocycles. The molecule has 24 heavy (non-hydrogen) atoms. The first kappa shape index (κ1) is 18.4.